The first-order valence-electron chi connectivity index (χ1n) is 15.6. The number of nitrogens with zero attached hydrogens (tertiary/aromatic N) is 5. The molecular formula is C33H40N6O4. The average molecular weight is 585 g/mol. The van der Waals surface area contributed by atoms with Gasteiger partial charge in [-0.3, -0.25) is 14.5 Å². The molecule has 0 saturated heterocycles. The van der Waals surface area contributed by atoms with Crippen LogP contribution >= 0.6 is 0 Å². The van der Waals surface area contributed by atoms with Crippen LogP contribution in [0.3, 0.4) is 0 Å². The van der Waals surface area contributed by atoms with E-state index in [0.717, 1.165) is 31.4 Å². The maximum Gasteiger partial charge on any atom is 0.251 e. The molecule has 0 radical (unpaired) electrons. The van der Waals surface area contributed by atoms with E-state index in [4.69, 9.17) is 8.83 Å². The summed E-state index contributed by atoms with van der Waals surface area (Å²) in [7, 11) is 0. The van der Waals surface area contributed by atoms with Crippen molar-refractivity contribution >= 4 is 17.5 Å². The third kappa shape index (κ3) is 6.73. The summed E-state index contributed by atoms with van der Waals surface area (Å²) in [5, 5.41) is 15.8. The zero-order valence-electron chi connectivity index (χ0n) is 25.0. The van der Waals surface area contributed by atoms with Crippen LogP contribution in [0.1, 0.15) is 99.0 Å². The molecule has 226 valence electrons. The highest BCUT2D eigenvalue weighted by molar-refractivity contribution is 6.01. The lowest BCUT2D eigenvalue weighted by Crippen LogP contribution is -2.48. The lowest BCUT2D eigenvalue weighted by atomic mass is 9.84. The van der Waals surface area contributed by atoms with E-state index in [1.807, 2.05) is 38.1 Å². The van der Waals surface area contributed by atoms with Gasteiger partial charge in [0.15, 0.2) is 11.8 Å². The molecule has 2 saturated carbocycles. The predicted octanol–water partition coefficient (Wildman–Crippen LogP) is 6.41. The number of hydrogen-bond donors (Lipinski definition) is 1. The first-order valence-corrected chi connectivity index (χ1v) is 15.6. The largest absolute Gasteiger partial charge is 0.464 e. The minimum absolute atomic E-state index is 0.0710. The fraction of sp³-hybridized carbons (Fsp3) is 0.485. The summed E-state index contributed by atoms with van der Waals surface area (Å²) in [5.41, 5.74) is 1.88. The van der Waals surface area contributed by atoms with E-state index in [9.17, 15) is 9.59 Å². The molecule has 1 N–H and O–H groups in total. The monoisotopic (exact) mass is 584 g/mol. The van der Waals surface area contributed by atoms with Gasteiger partial charge in [0.1, 0.15) is 23.8 Å². The number of aromatic nitrogens is 4. The van der Waals surface area contributed by atoms with Crippen molar-refractivity contribution in [2.24, 2.45) is 0 Å². The summed E-state index contributed by atoms with van der Waals surface area (Å²) in [6.07, 6.45) is 11.3. The van der Waals surface area contributed by atoms with Gasteiger partial charge in [0, 0.05) is 11.7 Å². The van der Waals surface area contributed by atoms with Crippen LogP contribution < -0.4 is 10.2 Å². The Hall–Kier alpha value is -4.21. The molecule has 3 heterocycles. The first kappa shape index (κ1) is 28.9. The smallest absolute Gasteiger partial charge is 0.251 e. The molecule has 2 fully saturated rings. The van der Waals surface area contributed by atoms with Crippen LogP contribution in [0.25, 0.3) is 11.6 Å². The van der Waals surface area contributed by atoms with Crippen molar-refractivity contribution in [2.75, 3.05) is 4.90 Å². The summed E-state index contributed by atoms with van der Waals surface area (Å²) in [5.74, 6) is 2.47. The lowest BCUT2D eigenvalue weighted by molar-refractivity contribution is -0.128. The minimum atomic E-state index is -1.00. The van der Waals surface area contributed by atoms with Gasteiger partial charge in [-0.1, -0.05) is 50.7 Å². The Balaban J connectivity index is 1.33. The second kappa shape index (κ2) is 13.0. The highest BCUT2D eigenvalue weighted by Gasteiger charge is 2.37. The Morgan fingerprint density at radius 1 is 0.884 bits per heavy atom. The number of benzene rings is 1. The fourth-order valence-corrected chi connectivity index (χ4v) is 6.44. The molecule has 10 heteroatoms. The lowest BCUT2D eigenvalue weighted by Gasteiger charge is -2.32. The van der Waals surface area contributed by atoms with Crippen LogP contribution in [0.4, 0.5) is 5.69 Å². The fourth-order valence-electron chi connectivity index (χ4n) is 6.44. The molecule has 2 aliphatic carbocycles. The van der Waals surface area contributed by atoms with Gasteiger partial charge in [-0.25, -0.2) is 0 Å². The topological polar surface area (TPSA) is 119 Å². The van der Waals surface area contributed by atoms with Crippen LogP contribution in [0.5, 0.6) is 0 Å². The van der Waals surface area contributed by atoms with Crippen LogP contribution in [-0.2, 0) is 16.1 Å². The number of amides is 2. The van der Waals surface area contributed by atoms with E-state index in [1.54, 1.807) is 12.1 Å². The van der Waals surface area contributed by atoms with Crippen molar-refractivity contribution in [1.82, 2.24) is 25.5 Å². The van der Waals surface area contributed by atoms with Gasteiger partial charge in [-0.05, 0) is 92.6 Å². The van der Waals surface area contributed by atoms with Crippen LogP contribution in [-0.4, -0.2) is 38.1 Å². The number of carbonyl (C=O) groups is 2. The molecule has 3 aromatic heterocycles. The molecule has 0 aliphatic heterocycles. The van der Waals surface area contributed by atoms with Gasteiger partial charge >= 0.3 is 0 Å². The summed E-state index contributed by atoms with van der Waals surface area (Å²) in [4.78, 5) is 31.1. The number of nitrogens with one attached hydrogen (secondary N) is 1. The van der Waals surface area contributed by atoms with Gasteiger partial charge in [0.2, 0.25) is 5.82 Å². The molecule has 2 amide bonds. The molecule has 6 rings (SSSR count). The normalized spacial score (nSPS) is 17.1. The Morgan fingerprint density at radius 2 is 1.56 bits per heavy atom. The molecule has 0 bridgehead atoms. The zero-order chi connectivity index (χ0) is 29.8. The summed E-state index contributed by atoms with van der Waals surface area (Å²) >= 11 is 0. The van der Waals surface area contributed by atoms with E-state index >= 15 is 0 Å². The highest BCUT2D eigenvalue weighted by atomic mass is 16.3. The van der Waals surface area contributed by atoms with Crippen molar-refractivity contribution in [3.05, 3.63) is 71.4 Å². The number of rotatable bonds is 9. The molecule has 10 nitrogen and oxygen atoms in total. The van der Waals surface area contributed by atoms with Crippen molar-refractivity contribution < 1.29 is 18.4 Å². The summed E-state index contributed by atoms with van der Waals surface area (Å²) in [6, 6.07) is 14.4. The summed E-state index contributed by atoms with van der Waals surface area (Å²) < 4.78 is 11.7. The van der Waals surface area contributed by atoms with Crippen molar-refractivity contribution in [3.63, 3.8) is 0 Å². The van der Waals surface area contributed by atoms with Crippen molar-refractivity contribution in [3.8, 4) is 11.6 Å². The SMILES string of the molecule is Cc1ccc(-c2nnn(CC(=O)N(c3ccc(C4CCCCC4)cc3)[C@H](C(=O)NC3CCCCC3)c3ccc(C)o3)n2)o1. The average Bonchev–Trinajstić information content (AvgIpc) is 3.78. The van der Waals surface area contributed by atoms with E-state index in [1.165, 1.54) is 53.8 Å². The third-order valence-corrected chi connectivity index (χ3v) is 8.70. The quantitative estimate of drug-likeness (QED) is 0.241. The number of anilines is 1. The molecule has 1 aromatic carbocycles. The second-order valence-electron chi connectivity index (χ2n) is 11.9. The Kier molecular flexibility index (Phi) is 8.72. The number of carbonyl (C=O) groups excluding carboxylic acids is 2. The highest BCUT2D eigenvalue weighted by Crippen LogP contribution is 2.35. The van der Waals surface area contributed by atoms with E-state index in [-0.39, 0.29) is 30.2 Å². The third-order valence-electron chi connectivity index (χ3n) is 8.70. The minimum Gasteiger partial charge on any atom is -0.464 e. The van der Waals surface area contributed by atoms with E-state index in [0.29, 0.717) is 28.9 Å². The maximum absolute atomic E-state index is 14.2. The Bertz CT molecular complexity index is 1520. The van der Waals surface area contributed by atoms with Crippen molar-refractivity contribution in [1.29, 1.82) is 0 Å². The zero-order valence-corrected chi connectivity index (χ0v) is 25.0. The molecule has 1 atom stereocenters. The Labute approximate surface area is 251 Å². The van der Waals surface area contributed by atoms with Gasteiger partial charge in [-0.2, -0.15) is 4.80 Å². The number of hydrogen-bond acceptors (Lipinski definition) is 7. The molecular weight excluding hydrogens is 544 g/mol. The molecule has 43 heavy (non-hydrogen) atoms. The van der Waals surface area contributed by atoms with Crippen LogP contribution in [0.2, 0.25) is 0 Å². The number of furan rings is 2. The van der Waals surface area contributed by atoms with Gasteiger partial charge in [-0.15, -0.1) is 10.2 Å². The Morgan fingerprint density at radius 3 is 2.21 bits per heavy atom. The van der Waals surface area contributed by atoms with E-state index in [2.05, 4.69) is 32.9 Å². The second-order valence-corrected chi connectivity index (χ2v) is 11.9. The first-order chi connectivity index (χ1) is 20.9. The van der Waals surface area contributed by atoms with Crippen LogP contribution in [0, 0.1) is 13.8 Å². The number of aryl methyl sites for hydroxylation is 2. The van der Waals surface area contributed by atoms with Gasteiger partial charge < -0.3 is 14.2 Å². The molecule has 4 aromatic rings. The molecule has 2 aliphatic rings. The van der Waals surface area contributed by atoms with Gasteiger partial charge in [0.05, 0.1) is 0 Å². The van der Waals surface area contributed by atoms with Crippen molar-refractivity contribution in [2.45, 2.75) is 103 Å². The molecule has 0 spiro atoms. The van der Waals surface area contributed by atoms with E-state index < -0.39 is 6.04 Å². The van der Waals surface area contributed by atoms with Crippen LogP contribution in [0.15, 0.2) is 57.4 Å². The summed E-state index contributed by atoms with van der Waals surface area (Å²) in [6.45, 7) is 3.45. The number of tetrazole rings is 1. The molecule has 0 unspecified atom stereocenters. The predicted molar refractivity (Wildman–Crippen MR) is 161 cm³/mol. The standard InChI is InChI=1S/C33H40N6O4/c1-22-13-19-28(42-22)31(33(41)34-26-11-7-4-8-12-26)39(27-17-15-25(16-18-27)24-9-5-3-6-10-24)30(40)21-38-36-32(35-37-38)29-20-14-23(2)43-29/h13-20,24,26,31H,3-12,21H2,1-2H3,(H,34,41)/t31-/m0/s1. The van der Waals surface area contributed by atoms with Gasteiger partial charge in [0.25, 0.3) is 11.8 Å². The maximum atomic E-state index is 14.2.